The summed E-state index contributed by atoms with van der Waals surface area (Å²) in [6, 6.07) is 7.08. The van der Waals surface area contributed by atoms with E-state index in [1.165, 1.54) is 6.33 Å². The summed E-state index contributed by atoms with van der Waals surface area (Å²) >= 11 is 3.27. The molecular formula is C18H15BrFN3O2. The Kier molecular flexibility index (Phi) is 3.95. The molecule has 2 aromatic carbocycles. The van der Waals surface area contributed by atoms with Gasteiger partial charge in [-0.1, -0.05) is 0 Å². The second-order valence-electron chi connectivity index (χ2n) is 5.72. The summed E-state index contributed by atoms with van der Waals surface area (Å²) in [7, 11) is 3.19. The van der Waals surface area contributed by atoms with Crippen molar-refractivity contribution in [3.05, 3.63) is 46.4 Å². The van der Waals surface area contributed by atoms with Gasteiger partial charge in [-0.25, -0.2) is 14.4 Å². The van der Waals surface area contributed by atoms with E-state index in [4.69, 9.17) is 9.47 Å². The average molecular weight is 404 g/mol. The first-order valence-corrected chi connectivity index (χ1v) is 8.54. The fraction of sp³-hybridized carbons (Fsp3) is 0.222. The van der Waals surface area contributed by atoms with Crippen LogP contribution in [-0.4, -0.2) is 30.7 Å². The van der Waals surface area contributed by atoms with Crippen molar-refractivity contribution in [2.24, 2.45) is 0 Å². The Balaban J connectivity index is 1.90. The van der Waals surface area contributed by atoms with Crippen molar-refractivity contribution >= 4 is 38.3 Å². The number of hydrogen-bond donors (Lipinski definition) is 0. The molecule has 0 aliphatic carbocycles. The molecule has 0 fully saturated rings. The first-order chi connectivity index (χ1) is 12.1. The van der Waals surface area contributed by atoms with Crippen LogP contribution in [0.15, 0.2) is 35.1 Å². The molecule has 7 heteroatoms. The van der Waals surface area contributed by atoms with E-state index in [1.807, 2.05) is 12.1 Å². The number of anilines is 2. The molecule has 0 bridgehead atoms. The van der Waals surface area contributed by atoms with Gasteiger partial charge in [0.2, 0.25) is 0 Å². The number of rotatable bonds is 3. The van der Waals surface area contributed by atoms with Gasteiger partial charge < -0.3 is 14.4 Å². The lowest BCUT2D eigenvalue weighted by Crippen LogP contribution is -2.15. The molecule has 128 valence electrons. The highest BCUT2D eigenvalue weighted by Gasteiger charge is 2.25. The maximum atomic E-state index is 13.8. The van der Waals surface area contributed by atoms with Gasteiger partial charge in [-0.05, 0) is 46.1 Å². The van der Waals surface area contributed by atoms with Crippen LogP contribution in [0.4, 0.5) is 15.9 Å². The molecule has 0 atom stereocenters. The zero-order chi connectivity index (χ0) is 17.6. The van der Waals surface area contributed by atoms with E-state index in [0.717, 1.165) is 40.9 Å². The quantitative estimate of drug-likeness (QED) is 0.654. The zero-order valence-electron chi connectivity index (χ0n) is 13.7. The number of benzene rings is 2. The van der Waals surface area contributed by atoms with Crippen molar-refractivity contribution in [1.82, 2.24) is 9.97 Å². The molecule has 0 radical (unpaired) electrons. The molecule has 2 heterocycles. The van der Waals surface area contributed by atoms with Crippen LogP contribution >= 0.6 is 15.9 Å². The second-order valence-corrected chi connectivity index (χ2v) is 6.57. The predicted octanol–water partition coefficient (Wildman–Crippen LogP) is 4.24. The molecule has 0 unspecified atom stereocenters. The van der Waals surface area contributed by atoms with Gasteiger partial charge in [-0.3, -0.25) is 0 Å². The van der Waals surface area contributed by atoms with Gasteiger partial charge in [0.1, 0.15) is 18.0 Å². The largest absolute Gasteiger partial charge is 0.493 e. The van der Waals surface area contributed by atoms with Gasteiger partial charge in [0, 0.05) is 23.7 Å². The molecule has 0 saturated carbocycles. The molecule has 3 aromatic rings. The fourth-order valence-corrected chi connectivity index (χ4v) is 3.52. The SMILES string of the molecule is COc1cc2ncnc(N3CCc4cc(F)c(Br)cc43)c2cc1OC. The summed E-state index contributed by atoms with van der Waals surface area (Å²) in [5.74, 6) is 1.75. The van der Waals surface area contributed by atoms with Crippen molar-refractivity contribution < 1.29 is 13.9 Å². The number of methoxy groups -OCH3 is 2. The normalized spacial score (nSPS) is 13.2. The number of halogens is 2. The lowest BCUT2D eigenvalue weighted by molar-refractivity contribution is 0.356. The van der Waals surface area contributed by atoms with E-state index < -0.39 is 0 Å². The van der Waals surface area contributed by atoms with E-state index in [9.17, 15) is 4.39 Å². The van der Waals surface area contributed by atoms with Gasteiger partial charge in [0.25, 0.3) is 0 Å². The number of fused-ring (bicyclic) bond motifs is 2. The lowest BCUT2D eigenvalue weighted by atomic mass is 10.1. The minimum absolute atomic E-state index is 0.250. The highest BCUT2D eigenvalue weighted by molar-refractivity contribution is 9.10. The van der Waals surface area contributed by atoms with Crippen LogP contribution in [0.5, 0.6) is 11.5 Å². The van der Waals surface area contributed by atoms with Gasteiger partial charge in [-0.2, -0.15) is 0 Å². The van der Waals surface area contributed by atoms with Crippen LogP contribution in [0.3, 0.4) is 0 Å². The van der Waals surface area contributed by atoms with E-state index >= 15 is 0 Å². The fourth-order valence-electron chi connectivity index (χ4n) is 3.19. The van der Waals surface area contributed by atoms with Crippen molar-refractivity contribution in [3.63, 3.8) is 0 Å². The van der Waals surface area contributed by atoms with Gasteiger partial charge >= 0.3 is 0 Å². The Morgan fingerprint density at radius 3 is 2.60 bits per heavy atom. The first kappa shape index (κ1) is 16.1. The Morgan fingerprint density at radius 1 is 1.08 bits per heavy atom. The Bertz CT molecular complexity index is 980. The van der Waals surface area contributed by atoms with Crippen LogP contribution in [0.2, 0.25) is 0 Å². The summed E-state index contributed by atoms with van der Waals surface area (Å²) in [4.78, 5) is 10.9. The summed E-state index contributed by atoms with van der Waals surface area (Å²) < 4.78 is 25.0. The summed E-state index contributed by atoms with van der Waals surface area (Å²) in [6.07, 6.45) is 2.29. The third-order valence-electron chi connectivity index (χ3n) is 4.39. The van der Waals surface area contributed by atoms with Crippen LogP contribution in [-0.2, 0) is 6.42 Å². The third-order valence-corrected chi connectivity index (χ3v) is 5.00. The minimum Gasteiger partial charge on any atom is -0.493 e. The highest BCUT2D eigenvalue weighted by Crippen LogP contribution is 2.41. The van der Waals surface area contributed by atoms with Gasteiger partial charge in [-0.15, -0.1) is 0 Å². The molecular weight excluding hydrogens is 389 g/mol. The van der Waals surface area contributed by atoms with Crippen LogP contribution in [0.1, 0.15) is 5.56 Å². The second kappa shape index (κ2) is 6.15. The first-order valence-electron chi connectivity index (χ1n) is 7.74. The number of aromatic nitrogens is 2. The van der Waals surface area contributed by atoms with Crippen LogP contribution < -0.4 is 14.4 Å². The molecule has 0 spiro atoms. The molecule has 25 heavy (non-hydrogen) atoms. The van der Waals surface area contributed by atoms with Crippen molar-refractivity contribution in [2.75, 3.05) is 25.7 Å². The van der Waals surface area contributed by atoms with Crippen molar-refractivity contribution in [1.29, 1.82) is 0 Å². The Labute approximate surface area is 152 Å². The molecule has 5 nitrogen and oxygen atoms in total. The Hall–Kier alpha value is -2.41. The third kappa shape index (κ3) is 2.59. The van der Waals surface area contributed by atoms with E-state index in [1.54, 1.807) is 26.4 Å². The van der Waals surface area contributed by atoms with E-state index in [0.29, 0.717) is 16.0 Å². The molecule has 0 amide bonds. The predicted molar refractivity (Wildman–Crippen MR) is 97.5 cm³/mol. The van der Waals surface area contributed by atoms with Gasteiger partial charge in [0.05, 0.1) is 24.2 Å². The zero-order valence-corrected chi connectivity index (χ0v) is 15.3. The van der Waals surface area contributed by atoms with E-state index in [-0.39, 0.29) is 5.82 Å². The van der Waals surface area contributed by atoms with Crippen LogP contribution in [0.25, 0.3) is 10.9 Å². The Morgan fingerprint density at radius 2 is 1.84 bits per heavy atom. The van der Waals surface area contributed by atoms with E-state index in [2.05, 4.69) is 30.8 Å². The molecule has 1 aromatic heterocycles. The topological polar surface area (TPSA) is 47.5 Å². The van der Waals surface area contributed by atoms with Crippen molar-refractivity contribution in [2.45, 2.75) is 6.42 Å². The maximum Gasteiger partial charge on any atom is 0.162 e. The molecule has 4 rings (SSSR count). The molecule has 0 saturated heterocycles. The molecule has 0 N–H and O–H groups in total. The number of nitrogens with zero attached hydrogens (tertiary/aromatic N) is 3. The highest BCUT2D eigenvalue weighted by atomic mass is 79.9. The smallest absolute Gasteiger partial charge is 0.162 e. The molecule has 1 aliphatic rings. The summed E-state index contributed by atoms with van der Waals surface area (Å²) in [5.41, 5.74) is 2.67. The van der Waals surface area contributed by atoms with Crippen LogP contribution in [0, 0.1) is 5.82 Å². The van der Waals surface area contributed by atoms with Crippen molar-refractivity contribution in [3.8, 4) is 11.5 Å². The average Bonchev–Trinajstić information content (AvgIpc) is 3.02. The summed E-state index contributed by atoms with van der Waals surface area (Å²) in [6.45, 7) is 0.728. The lowest BCUT2D eigenvalue weighted by Gasteiger charge is -2.21. The number of hydrogen-bond acceptors (Lipinski definition) is 5. The standard InChI is InChI=1S/C18H15BrFN3O2/c1-24-16-6-11-14(8-17(16)25-2)21-9-22-18(11)23-4-3-10-5-13(20)12(19)7-15(10)23/h5-9H,3-4H2,1-2H3. The maximum absolute atomic E-state index is 13.8. The summed E-state index contributed by atoms with van der Waals surface area (Å²) in [5, 5.41) is 0.855. The molecule has 1 aliphatic heterocycles. The van der Waals surface area contributed by atoms with Gasteiger partial charge in [0.15, 0.2) is 11.5 Å². The number of ether oxygens (including phenoxy) is 2. The monoisotopic (exact) mass is 403 g/mol. The minimum atomic E-state index is -0.250.